The average molecular weight is 865 g/mol. The summed E-state index contributed by atoms with van der Waals surface area (Å²) in [5.41, 5.74) is 0.801. The van der Waals surface area contributed by atoms with E-state index in [1.54, 1.807) is 0 Å². The number of amides is 8. The fraction of sp³-hybridized carbons (Fsp3) is 0.553. The van der Waals surface area contributed by atoms with Gasteiger partial charge in [-0.2, -0.15) is 0 Å². The maximum absolute atomic E-state index is 13.9. The number of hydrogen-bond donors (Lipinski definition) is 0. The fourth-order valence-electron chi connectivity index (χ4n) is 11.2. The van der Waals surface area contributed by atoms with Gasteiger partial charge in [-0.1, -0.05) is 38.3 Å². The van der Waals surface area contributed by atoms with Crippen molar-refractivity contribution in [3.8, 4) is 5.75 Å². The molecule has 8 atom stereocenters. The molecule has 16 heteroatoms. The number of carbonyl (C=O) groups is 9. The Balaban J connectivity index is 0.831. The SMILES string of the molecule is CCCCCCOC1CCC(c2ccc(OCCCCOC(=O)c3cc(N4C(=O)C5C6C(=O)N(C)C(=O)C6C5C4=O)cc(N4C(=O)C5C6C(=O)N(C)C(=O)C6C5C4=O)c3)cc2)CC1. The Bertz CT molecular complexity index is 2100. The van der Waals surface area contributed by atoms with Crippen molar-refractivity contribution in [1.82, 2.24) is 9.80 Å². The van der Waals surface area contributed by atoms with Gasteiger partial charge in [-0.05, 0) is 86.8 Å². The molecule has 8 unspecified atom stereocenters. The Morgan fingerprint density at radius 2 is 0.984 bits per heavy atom. The molecule has 3 saturated carbocycles. The molecule has 0 radical (unpaired) electrons. The first kappa shape index (κ1) is 42.5. The molecule has 63 heavy (non-hydrogen) atoms. The standard InChI is InChI=1S/C47H52N4O12/c1-4-5-6-7-18-61-29-14-10-24(11-15-29)25-12-16-30(17-13-25)62-19-8-9-20-63-47(60)26-21-27(50-43(56)35-31-32(36(35)44(50)57)40(53)48(2)39(31)52)23-28(22-26)51-45(58)37-33-34(38(37)46(51)59)42(55)49(3)41(33)54/h12-13,16-17,21-24,29,31-38H,4-11,14-15,18-20H2,1-3H3. The number of ether oxygens (including phenoxy) is 3. The van der Waals surface area contributed by atoms with Crippen molar-refractivity contribution < 1.29 is 57.4 Å². The van der Waals surface area contributed by atoms with Crippen LogP contribution in [-0.4, -0.2) is 103 Å². The second kappa shape index (κ2) is 16.7. The smallest absolute Gasteiger partial charge is 0.338 e. The first-order chi connectivity index (χ1) is 30.3. The van der Waals surface area contributed by atoms with E-state index in [1.165, 1.54) is 57.1 Å². The maximum atomic E-state index is 13.9. The second-order valence-electron chi connectivity index (χ2n) is 18.1. The zero-order valence-electron chi connectivity index (χ0n) is 35.7. The maximum Gasteiger partial charge on any atom is 0.338 e. The van der Waals surface area contributed by atoms with Crippen molar-refractivity contribution in [1.29, 1.82) is 0 Å². The average Bonchev–Trinajstić information content (AvgIpc) is 3.75. The normalized spacial score (nSPS) is 30.7. The summed E-state index contributed by atoms with van der Waals surface area (Å²) in [6.07, 6.45) is 10.5. The fourth-order valence-corrected chi connectivity index (χ4v) is 11.2. The van der Waals surface area contributed by atoms with E-state index >= 15 is 0 Å². The first-order valence-electron chi connectivity index (χ1n) is 22.4. The summed E-state index contributed by atoms with van der Waals surface area (Å²) >= 11 is 0. The molecular weight excluding hydrogens is 813 g/mol. The lowest BCUT2D eigenvalue weighted by Crippen LogP contribution is -2.50. The topological polar surface area (TPSA) is 194 Å². The number of benzene rings is 2. The predicted molar refractivity (Wildman–Crippen MR) is 221 cm³/mol. The van der Waals surface area contributed by atoms with Crippen LogP contribution in [0.1, 0.15) is 93.0 Å². The summed E-state index contributed by atoms with van der Waals surface area (Å²) in [6, 6.07) is 11.9. The van der Waals surface area contributed by atoms with Crippen LogP contribution in [0.5, 0.6) is 5.75 Å². The van der Waals surface area contributed by atoms with Gasteiger partial charge in [0.25, 0.3) is 0 Å². The molecule has 7 fully saturated rings. The zero-order chi connectivity index (χ0) is 44.4. The highest BCUT2D eigenvalue weighted by molar-refractivity contribution is 6.30. The quantitative estimate of drug-likeness (QED) is 0.134. The molecule has 0 N–H and O–H groups in total. The molecule has 16 nitrogen and oxygen atoms in total. The van der Waals surface area contributed by atoms with Gasteiger partial charge in [0.15, 0.2) is 0 Å². The predicted octanol–water partition coefficient (Wildman–Crippen LogP) is 4.03. The molecule has 2 aromatic carbocycles. The van der Waals surface area contributed by atoms with E-state index in [2.05, 4.69) is 19.1 Å². The number of nitrogens with zero attached hydrogens (tertiary/aromatic N) is 4. The van der Waals surface area contributed by atoms with E-state index in [1.807, 2.05) is 12.1 Å². The van der Waals surface area contributed by atoms with Crippen LogP contribution in [0, 0.1) is 47.3 Å². The number of carbonyl (C=O) groups excluding carboxylic acids is 9. The summed E-state index contributed by atoms with van der Waals surface area (Å²) in [4.78, 5) is 124. The molecule has 332 valence electrons. The Morgan fingerprint density at radius 3 is 1.46 bits per heavy atom. The molecule has 2 aromatic rings. The van der Waals surface area contributed by atoms with E-state index < -0.39 is 101 Å². The van der Waals surface area contributed by atoms with E-state index in [-0.39, 0.29) is 23.5 Å². The van der Waals surface area contributed by atoms with Crippen molar-refractivity contribution in [2.24, 2.45) is 47.3 Å². The third-order valence-electron chi connectivity index (χ3n) is 14.7. The molecule has 9 rings (SSSR count). The summed E-state index contributed by atoms with van der Waals surface area (Å²) < 4.78 is 17.7. The van der Waals surface area contributed by atoms with Crippen molar-refractivity contribution in [2.45, 2.75) is 83.2 Å². The lowest BCUT2D eigenvalue weighted by Gasteiger charge is -2.36. The highest BCUT2D eigenvalue weighted by Gasteiger charge is 2.74. The molecule has 4 aliphatic heterocycles. The highest BCUT2D eigenvalue weighted by Crippen LogP contribution is 2.58. The van der Waals surface area contributed by atoms with Gasteiger partial charge in [-0.25, -0.2) is 14.6 Å². The van der Waals surface area contributed by atoms with Crippen molar-refractivity contribution in [3.63, 3.8) is 0 Å². The molecule has 0 bridgehead atoms. The van der Waals surface area contributed by atoms with Gasteiger partial charge < -0.3 is 14.2 Å². The van der Waals surface area contributed by atoms with E-state index in [4.69, 9.17) is 14.2 Å². The van der Waals surface area contributed by atoms with Gasteiger partial charge in [0.2, 0.25) is 47.3 Å². The number of imide groups is 4. The van der Waals surface area contributed by atoms with Gasteiger partial charge in [0, 0.05) is 20.7 Å². The van der Waals surface area contributed by atoms with Gasteiger partial charge in [-0.15, -0.1) is 0 Å². The number of esters is 1. The molecule has 0 spiro atoms. The van der Waals surface area contributed by atoms with Crippen LogP contribution in [0.15, 0.2) is 42.5 Å². The van der Waals surface area contributed by atoms with Crippen molar-refractivity contribution >= 4 is 64.6 Å². The van der Waals surface area contributed by atoms with Gasteiger partial charge in [0.05, 0.1) is 83.6 Å². The Hall–Kier alpha value is -5.77. The third kappa shape index (κ3) is 6.95. The van der Waals surface area contributed by atoms with Crippen LogP contribution >= 0.6 is 0 Å². The minimum Gasteiger partial charge on any atom is -0.494 e. The summed E-state index contributed by atoms with van der Waals surface area (Å²) in [6.45, 7) is 3.40. The van der Waals surface area contributed by atoms with E-state index in [9.17, 15) is 43.2 Å². The van der Waals surface area contributed by atoms with Crippen LogP contribution in [-0.2, 0) is 47.8 Å². The van der Waals surface area contributed by atoms with Crippen molar-refractivity contribution in [3.05, 3.63) is 53.6 Å². The number of rotatable bonds is 16. The Morgan fingerprint density at radius 1 is 0.540 bits per heavy atom. The lowest BCUT2D eigenvalue weighted by molar-refractivity contribution is -0.146. The largest absolute Gasteiger partial charge is 0.494 e. The lowest BCUT2D eigenvalue weighted by atomic mass is 9.59. The van der Waals surface area contributed by atoms with Crippen LogP contribution in [0.4, 0.5) is 11.4 Å². The minimum atomic E-state index is -1.09. The second-order valence-corrected chi connectivity index (χ2v) is 18.1. The molecule has 4 heterocycles. The number of fused-ring (bicyclic) bond motifs is 8. The summed E-state index contributed by atoms with van der Waals surface area (Å²) in [5.74, 6) is -13.1. The first-order valence-corrected chi connectivity index (χ1v) is 22.4. The van der Waals surface area contributed by atoms with Gasteiger partial charge in [0.1, 0.15) is 5.75 Å². The van der Waals surface area contributed by atoms with Crippen LogP contribution in [0.2, 0.25) is 0 Å². The minimum absolute atomic E-state index is 0.0224. The van der Waals surface area contributed by atoms with Crippen LogP contribution in [0.3, 0.4) is 0 Å². The monoisotopic (exact) mass is 864 g/mol. The van der Waals surface area contributed by atoms with Crippen LogP contribution < -0.4 is 14.5 Å². The number of hydrogen-bond acceptors (Lipinski definition) is 12. The number of anilines is 2. The molecule has 4 saturated heterocycles. The van der Waals surface area contributed by atoms with Crippen molar-refractivity contribution in [2.75, 3.05) is 43.7 Å². The zero-order valence-corrected chi connectivity index (χ0v) is 35.7. The molecule has 8 amide bonds. The van der Waals surface area contributed by atoms with Crippen LogP contribution in [0.25, 0.3) is 0 Å². The van der Waals surface area contributed by atoms with Gasteiger partial charge >= 0.3 is 5.97 Å². The Labute approximate surface area is 364 Å². The number of unbranched alkanes of at least 4 members (excludes halogenated alkanes) is 4. The Kier molecular flexibility index (Phi) is 11.3. The molecule has 0 aromatic heterocycles. The van der Waals surface area contributed by atoms with E-state index in [0.29, 0.717) is 31.5 Å². The molecular formula is C47H52N4O12. The third-order valence-corrected chi connectivity index (χ3v) is 14.7. The summed E-state index contributed by atoms with van der Waals surface area (Å²) in [5, 5.41) is 0. The van der Waals surface area contributed by atoms with Gasteiger partial charge in [-0.3, -0.25) is 48.2 Å². The molecule has 3 aliphatic carbocycles. The van der Waals surface area contributed by atoms with E-state index in [0.717, 1.165) is 64.1 Å². The highest BCUT2D eigenvalue weighted by atomic mass is 16.5. The summed E-state index contributed by atoms with van der Waals surface area (Å²) in [7, 11) is 2.61. The molecule has 7 aliphatic rings. The number of likely N-dealkylation sites (tertiary alicyclic amines) is 2.